The van der Waals surface area contributed by atoms with Crippen molar-refractivity contribution >= 4 is 37.1 Å². The molecule has 11 heteroatoms. The molecule has 9 nitrogen and oxygen atoms in total. The Kier molecular flexibility index (Phi) is 9.18. The summed E-state index contributed by atoms with van der Waals surface area (Å²) in [5.74, 6) is -1.25. The number of nitrogens with zero attached hydrogens (tertiary/aromatic N) is 1. The van der Waals surface area contributed by atoms with Crippen LogP contribution in [0.1, 0.15) is 19.4 Å². The lowest BCUT2D eigenvalue weighted by Gasteiger charge is -2.22. The molecule has 160 valence electrons. The molecular weight excluding hydrogens is 408 g/mol. The van der Waals surface area contributed by atoms with Crippen LogP contribution in [0.25, 0.3) is 0 Å². The third kappa shape index (κ3) is 8.03. The number of aliphatic hydroxyl groups is 1. The van der Waals surface area contributed by atoms with Crippen molar-refractivity contribution in [2.45, 2.75) is 20.8 Å². The molecule has 0 aromatic heterocycles. The zero-order valence-electron chi connectivity index (χ0n) is 16.3. The number of amides is 1. The highest BCUT2D eigenvalue weighted by molar-refractivity contribution is 8.08. The Bertz CT molecular complexity index is 863. The van der Waals surface area contributed by atoms with Crippen LogP contribution in [0.15, 0.2) is 18.2 Å². The summed E-state index contributed by atoms with van der Waals surface area (Å²) in [4.78, 5) is 14.0. The topological polar surface area (TPSA) is 130 Å². The van der Waals surface area contributed by atoms with Gasteiger partial charge in [-0.05, 0) is 44.5 Å². The van der Waals surface area contributed by atoms with E-state index in [0.29, 0.717) is 5.69 Å². The van der Waals surface area contributed by atoms with E-state index in [1.807, 2.05) is 32.9 Å². The number of carbonyl (C=O) groups is 1. The molecule has 2 N–H and O–H groups in total. The monoisotopic (exact) mass is 436 g/mol. The number of ether oxygens (including phenoxy) is 1. The molecule has 1 aromatic rings. The number of aryl methyl sites for hydroxylation is 1. The summed E-state index contributed by atoms with van der Waals surface area (Å²) in [5.41, 5.74) is 2.38. The predicted molar refractivity (Wildman–Crippen MR) is 109 cm³/mol. The number of hydrogen-bond donors (Lipinski definition) is 2. The highest BCUT2D eigenvalue weighted by Gasteiger charge is 2.22. The molecule has 0 saturated carbocycles. The molecule has 0 atom stereocenters. The van der Waals surface area contributed by atoms with Crippen LogP contribution in [0.2, 0.25) is 0 Å². The molecule has 1 aromatic carbocycles. The lowest BCUT2D eigenvalue weighted by molar-refractivity contribution is 0.168. The van der Waals surface area contributed by atoms with Gasteiger partial charge >= 0.3 is 6.09 Å². The van der Waals surface area contributed by atoms with E-state index in [2.05, 4.69) is 10.2 Å². The Labute approximate surface area is 166 Å². The minimum absolute atomic E-state index is 0.473. The van der Waals surface area contributed by atoms with Crippen LogP contribution >= 0.6 is 0 Å². The van der Waals surface area contributed by atoms with Gasteiger partial charge < -0.3 is 14.7 Å². The van der Waals surface area contributed by atoms with Crippen molar-refractivity contribution in [1.82, 2.24) is 0 Å². The SMILES string of the molecule is CCN(CC)c1ccc(NC(=O)OCCS(=O)(=O)CS(=O)(=O)CCO)c(C)c1. The molecule has 0 aliphatic heterocycles. The van der Waals surface area contributed by atoms with Crippen molar-refractivity contribution in [3.8, 4) is 0 Å². The molecule has 0 radical (unpaired) electrons. The summed E-state index contributed by atoms with van der Waals surface area (Å²) in [5, 5.41) is 10.1. The minimum atomic E-state index is -3.97. The number of hydrogen-bond acceptors (Lipinski definition) is 8. The average Bonchev–Trinajstić information content (AvgIpc) is 2.57. The number of rotatable bonds is 11. The van der Waals surface area contributed by atoms with E-state index in [1.165, 1.54) is 0 Å². The van der Waals surface area contributed by atoms with Crippen LogP contribution in [-0.4, -0.2) is 70.9 Å². The van der Waals surface area contributed by atoms with Crippen molar-refractivity contribution in [2.24, 2.45) is 0 Å². The lowest BCUT2D eigenvalue weighted by Crippen LogP contribution is -2.26. The molecule has 28 heavy (non-hydrogen) atoms. The Morgan fingerprint density at radius 3 is 2.25 bits per heavy atom. The van der Waals surface area contributed by atoms with Gasteiger partial charge in [0.25, 0.3) is 0 Å². The van der Waals surface area contributed by atoms with Crippen LogP contribution < -0.4 is 10.2 Å². The molecular formula is C17H28N2O7S2. The summed E-state index contributed by atoms with van der Waals surface area (Å²) in [6, 6.07) is 5.54. The van der Waals surface area contributed by atoms with Crippen LogP contribution in [-0.2, 0) is 24.4 Å². The van der Waals surface area contributed by atoms with Gasteiger partial charge in [0.05, 0.1) is 18.1 Å². The van der Waals surface area contributed by atoms with Crippen LogP contribution in [0, 0.1) is 6.92 Å². The van der Waals surface area contributed by atoms with Crippen molar-refractivity contribution in [1.29, 1.82) is 0 Å². The van der Waals surface area contributed by atoms with Gasteiger partial charge in [0.15, 0.2) is 24.8 Å². The van der Waals surface area contributed by atoms with Gasteiger partial charge in [-0.25, -0.2) is 21.6 Å². The van der Waals surface area contributed by atoms with Gasteiger partial charge in [0, 0.05) is 24.5 Å². The number of benzene rings is 1. The largest absolute Gasteiger partial charge is 0.448 e. The first-order valence-corrected chi connectivity index (χ1v) is 12.5. The minimum Gasteiger partial charge on any atom is -0.448 e. The summed E-state index contributed by atoms with van der Waals surface area (Å²) in [7, 11) is -7.88. The second-order valence-electron chi connectivity index (χ2n) is 6.17. The summed E-state index contributed by atoms with van der Waals surface area (Å²) >= 11 is 0. The van der Waals surface area contributed by atoms with Crippen LogP contribution in [0.4, 0.5) is 16.2 Å². The van der Waals surface area contributed by atoms with Crippen molar-refractivity contribution in [2.75, 3.05) is 53.1 Å². The van der Waals surface area contributed by atoms with E-state index in [0.717, 1.165) is 24.3 Å². The summed E-state index contributed by atoms with van der Waals surface area (Å²) in [6.45, 7) is 6.51. The van der Waals surface area contributed by atoms with Gasteiger partial charge in [-0.1, -0.05) is 0 Å². The average molecular weight is 437 g/mol. The summed E-state index contributed by atoms with van der Waals surface area (Å²) < 4.78 is 51.4. The summed E-state index contributed by atoms with van der Waals surface area (Å²) in [6.07, 6.45) is -0.827. The number of aliphatic hydroxyl groups excluding tert-OH is 1. The Hall–Kier alpha value is -1.85. The highest BCUT2D eigenvalue weighted by Crippen LogP contribution is 2.22. The number of carbonyl (C=O) groups excluding carboxylic acids is 1. The van der Waals surface area contributed by atoms with E-state index < -0.39 is 55.6 Å². The van der Waals surface area contributed by atoms with E-state index in [4.69, 9.17) is 9.84 Å². The van der Waals surface area contributed by atoms with E-state index in [9.17, 15) is 21.6 Å². The van der Waals surface area contributed by atoms with E-state index in [-0.39, 0.29) is 0 Å². The third-order valence-corrected chi connectivity index (χ3v) is 8.43. The first-order chi connectivity index (χ1) is 13.0. The third-order valence-electron chi connectivity index (χ3n) is 3.96. The molecule has 0 fully saturated rings. The highest BCUT2D eigenvalue weighted by atomic mass is 32.3. The number of sulfone groups is 2. The molecule has 0 aliphatic rings. The molecule has 0 aliphatic carbocycles. The first-order valence-electron chi connectivity index (χ1n) is 8.84. The zero-order valence-corrected chi connectivity index (χ0v) is 18.0. The quantitative estimate of drug-likeness (QED) is 0.529. The smallest absolute Gasteiger partial charge is 0.411 e. The van der Waals surface area contributed by atoms with Crippen molar-refractivity contribution in [3.05, 3.63) is 23.8 Å². The molecule has 0 saturated heterocycles. The molecule has 0 heterocycles. The maximum Gasteiger partial charge on any atom is 0.411 e. The van der Waals surface area contributed by atoms with E-state index in [1.54, 1.807) is 6.07 Å². The fourth-order valence-corrected chi connectivity index (χ4v) is 6.26. The predicted octanol–water partition coefficient (Wildman–Crippen LogP) is 1.17. The number of nitrogens with one attached hydrogen (secondary N) is 1. The van der Waals surface area contributed by atoms with Gasteiger partial charge in [-0.2, -0.15) is 0 Å². The Morgan fingerprint density at radius 2 is 1.71 bits per heavy atom. The van der Waals surface area contributed by atoms with E-state index >= 15 is 0 Å². The maximum absolute atomic E-state index is 11.9. The van der Waals surface area contributed by atoms with Crippen molar-refractivity contribution in [3.63, 3.8) is 0 Å². The van der Waals surface area contributed by atoms with Crippen LogP contribution in [0.3, 0.4) is 0 Å². The standard InChI is InChI=1S/C17H28N2O7S2/c1-4-19(5-2)15-6-7-16(14(3)12-15)18-17(21)26-9-11-28(24,25)13-27(22,23)10-8-20/h6-7,12,20H,4-5,8-11,13H2,1-3H3,(H,18,21). The Morgan fingerprint density at radius 1 is 1.11 bits per heavy atom. The fourth-order valence-electron chi connectivity index (χ4n) is 2.51. The van der Waals surface area contributed by atoms with Gasteiger partial charge in [0.1, 0.15) is 6.61 Å². The normalized spacial score (nSPS) is 11.9. The second-order valence-corrected chi connectivity index (χ2v) is 10.9. The van der Waals surface area contributed by atoms with Gasteiger partial charge in [0.2, 0.25) is 0 Å². The first kappa shape index (κ1) is 24.2. The molecule has 0 unspecified atom stereocenters. The lowest BCUT2D eigenvalue weighted by atomic mass is 10.1. The zero-order chi connectivity index (χ0) is 21.4. The van der Waals surface area contributed by atoms with Crippen LogP contribution in [0.5, 0.6) is 0 Å². The molecule has 1 rings (SSSR count). The van der Waals surface area contributed by atoms with Crippen molar-refractivity contribution < 1.29 is 31.5 Å². The maximum atomic E-state index is 11.9. The second kappa shape index (κ2) is 10.6. The fraction of sp³-hybridized carbons (Fsp3) is 0.588. The number of anilines is 2. The Balaban J connectivity index is 2.59. The molecule has 1 amide bonds. The van der Waals surface area contributed by atoms with Gasteiger partial charge in [-0.3, -0.25) is 5.32 Å². The molecule has 0 spiro atoms. The molecule has 0 bridgehead atoms. The van der Waals surface area contributed by atoms with Gasteiger partial charge in [-0.15, -0.1) is 0 Å².